The average molecular weight is 355 g/mol. The summed E-state index contributed by atoms with van der Waals surface area (Å²) in [6.07, 6.45) is 0.196. The minimum atomic E-state index is -3.75. The summed E-state index contributed by atoms with van der Waals surface area (Å²) in [5.41, 5.74) is -1.47. The number of β-amino-alcohol motifs (C(OH)–C–C–N with tert-alkyl or cyclic N) is 1. The number of aryl methyl sites for hydroxylation is 2. The van der Waals surface area contributed by atoms with Crippen molar-refractivity contribution >= 4 is 10.0 Å². The van der Waals surface area contributed by atoms with E-state index in [9.17, 15) is 13.5 Å². The molecule has 1 aliphatic heterocycles. The molecule has 3 heterocycles. The third-order valence-electron chi connectivity index (χ3n) is 4.18. The molecule has 3 rings (SSSR count). The van der Waals surface area contributed by atoms with Crippen molar-refractivity contribution in [3.8, 4) is 0 Å². The van der Waals surface area contributed by atoms with Crippen molar-refractivity contribution in [2.24, 2.45) is 0 Å². The smallest absolute Gasteiger partial charge is 0.260 e. The van der Waals surface area contributed by atoms with Crippen molar-refractivity contribution < 1.29 is 22.5 Å². The van der Waals surface area contributed by atoms with Crippen LogP contribution in [0.5, 0.6) is 0 Å². The second-order valence-electron chi connectivity index (χ2n) is 6.51. The fourth-order valence-corrected chi connectivity index (χ4v) is 4.51. The van der Waals surface area contributed by atoms with E-state index in [2.05, 4.69) is 10.1 Å². The number of hydrogen-bond acceptors (Lipinski definition) is 7. The molecule has 1 saturated heterocycles. The summed E-state index contributed by atoms with van der Waals surface area (Å²) in [5.74, 6) is 1.47. The highest BCUT2D eigenvalue weighted by Crippen LogP contribution is 2.35. The van der Waals surface area contributed by atoms with Gasteiger partial charge in [0.2, 0.25) is 10.0 Å². The van der Waals surface area contributed by atoms with E-state index in [0.29, 0.717) is 17.3 Å². The van der Waals surface area contributed by atoms with Crippen LogP contribution in [0.2, 0.25) is 0 Å². The zero-order valence-electron chi connectivity index (χ0n) is 14.1. The van der Waals surface area contributed by atoms with E-state index in [1.807, 2.05) is 13.8 Å². The van der Waals surface area contributed by atoms with Gasteiger partial charge < -0.3 is 14.0 Å². The molecule has 0 amide bonds. The van der Waals surface area contributed by atoms with Crippen LogP contribution in [0.4, 0.5) is 0 Å². The van der Waals surface area contributed by atoms with Gasteiger partial charge in [0.25, 0.3) is 5.89 Å². The summed E-state index contributed by atoms with van der Waals surface area (Å²) in [4.78, 5) is 4.33. The summed E-state index contributed by atoms with van der Waals surface area (Å²) in [6.45, 7) is 7.16. The van der Waals surface area contributed by atoms with Gasteiger partial charge in [-0.3, -0.25) is 0 Å². The average Bonchev–Trinajstić information content (AvgIpc) is 3.17. The Morgan fingerprint density at radius 3 is 2.62 bits per heavy atom. The van der Waals surface area contributed by atoms with Crippen molar-refractivity contribution in [1.82, 2.24) is 14.4 Å². The molecule has 0 aromatic carbocycles. The molecule has 0 aliphatic carbocycles. The quantitative estimate of drug-likeness (QED) is 0.888. The fraction of sp³-hybridized carbons (Fsp3) is 0.600. The van der Waals surface area contributed by atoms with Gasteiger partial charge in [0, 0.05) is 18.9 Å². The molecule has 0 spiro atoms. The lowest BCUT2D eigenvalue weighted by atomic mass is 10.0. The van der Waals surface area contributed by atoms with E-state index in [4.69, 9.17) is 8.94 Å². The van der Waals surface area contributed by atoms with Gasteiger partial charge in [-0.2, -0.15) is 9.29 Å². The maximum Gasteiger partial charge on any atom is 0.260 e. The summed E-state index contributed by atoms with van der Waals surface area (Å²) in [6, 6.07) is 1.49. The number of hydrogen-bond donors (Lipinski definition) is 1. The molecule has 2 aromatic heterocycles. The van der Waals surface area contributed by atoms with E-state index < -0.39 is 15.6 Å². The lowest BCUT2D eigenvalue weighted by Gasteiger charge is -2.19. The van der Waals surface area contributed by atoms with E-state index in [1.165, 1.54) is 10.4 Å². The minimum Gasteiger partial charge on any atom is -0.465 e. The van der Waals surface area contributed by atoms with Crippen LogP contribution < -0.4 is 0 Å². The highest BCUT2D eigenvalue weighted by molar-refractivity contribution is 7.89. The van der Waals surface area contributed by atoms with E-state index in [1.54, 1.807) is 13.8 Å². The molecule has 9 heteroatoms. The Morgan fingerprint density at radius 2 is 2.08 bits per heavy atom. The van der Waals surface area contributed by atoms with Gasteiger partial charge >= 0.3 is 0 Å². The topological polar surface area (TPSA) is 110 Å². The van der Waals surface area contributed by atoms with Crippen LogP contribution in [0.1, 0.15) is 49.4 Å². The summed E-state index contributed by atoms with van der Waals surface area (Å²) >= 11 is 0. The SMILES string of the molecule is Cc1cc(S(=O)(=O)N2CCC(O)(c3nc(C(C)C)no3)C2)c(C)o1. The van der Waals surface area contributed by atoms with Gasteiger partial charge in [0.15, 0.2) is 11.4 Å². The number of sulfonamides is 1. The van der Waals surface area contributed by atoms with E-state index in [0.717, 1.165) is 0 Å². The standard InChI is InChI=1S/C15H21N3O5S/c1-9(2)13-16-14(23-17-13)15(19)5-6-18(8-15)24(20,21)12-7-10(3)22-11(12)4/h7,9,19H,5-6,8H2,1-4H3. The molecule has 8 nitrogen and oxygen atoms in total. The lowest BCUT2D eigenvalue weighted by Crippen LogP contribution is -2.34. The third-order valence-corrected chi connectivity index (χ3v) is 6.13. The Bertz CT molecular complexity index is 854. The summed E-state index contributed by atoms with van der Waals surface area (Å²) in [5, 5.41) is 14.6. The van der Waals surface area contributed by atoms with Crippen LogP contribution >= 0.6 is 0 Å². The number of aliphatic hydroxyl groups is 1. The largest absolute Gasteiger partial charge is 0.465 e. The third kappa shape index (κ3) is 2.76. The number of furan rings is 1. The molecule has 2 aromatic rings. The number of aromatic nitrogens is 2. The monoisotopic (exact) mass is 355 g/mol. The zero-order valence-corrected chi connectivity index (χ0v) is 14.9. The highest BCUT2D eigenvalue weighted by Gasteiger charge is 2.47. The van der Waals surface area contributed by atoms with Crippen molar-refractivity contribution in [1.29, 1.82) is 0 Å². The lowest BCUT2D eigenvalue weighted by molar-refractivity contribution is 0.0194. The van der Waals surface area contributed by atoms with Gasteiger partial charge in [-0.25, -0.2) is 8.42 Å². The first-order chi connectivity index (χ1) is 11.1. The summed E-state index contributed by atoms with van der Waals surface area (Å²) < 4.78 is 37.3. The van der Waals surface area contributed by atoms with Crippen LogP contribution in [-0.4, -0.2) is 41.1 Å². The molecule has 1 unspecified atom stereocenters. The minimum absolute atomic E-state index is 0.0592. The second-order valence-corrected chi connectivity index (χ2v) is 8.42. The molecule has 0 bridgehead atoms. The molecule has 0 saturated carbocycles. The normalized spacial score (nSPS) is 22.6. The van der Waals surface area contributed by atoms with Gasteiger partial charge in [0.05, 0.1) is 6.54 Å². The molecule has 0 radical (unpaired) electrons. The molecule has 24 heavy (non-hydrogen) atoms. The van der Waals surface area contributed by atoms with Crippen molar-refractivity contribution in [2.75, 3.05) is 13.1 Å². The Labute approximate surface area is 140 Å². The van der Waals surface area contributed by atoms with Gasteiger partial charge in [-0.05, 0) is 19.9 Å². The molecule has 132 valence electrons. The Balaban J connectivity index is 1.87. The maximum atomic E-state index is 12.8. The van der Waals surface area contributed by atoms with Gasteiger partial charge in [0.1, 0.15) is 16.4 Å². The molecule has 1 fully saturated rings. The maximum absolute atomic E-state index is 12.8. The Kier molecular flexibility index (Phi) is 4.05. The van der Waals surface area contributed by atoms with Gasteiger partial charge in [-0.15, -0.1) is 0 Å². The fourth-order valence-electron chi connectivity index (χ4n) is 2.80. The van der Waals surface area contributed by atoms with Crippen LogP contribution in [-0.2, 0) is 15.6 Å². The van der Waals surface area contributed by atoms with Crippen molar-refractivity contribution in [3.05, 3.63) is 29.3 Å². The van der Waals surface area contributed by atoms with Crippen LogP contribution in [0, 0.1) is 13.8 Å². The van der Waals surface area contributed by atoms with E-state index >= 15 is 0 Å². The zero-order chi connectivity index (χ0) is 17.7. The van der Waals surface area contributed by atoms with E-state index in [-0.39, 0.29) is 36.2 Å². The van der Waals surface area contributed by atoms with Crippen molar-refractivity contribution in [3.63, 3.8) is 0 Å². The van der Waals surface area contributed by atoms with Crippen LogP contribution in [0.15, 0.2) is 19.9 Å². The molecular weight excluding hydrogens is 334 g/mol. The Morgan fingerprint density at radius 1 is 1.38 bits per heavy atom. The molecule has 1 atom stereocenters. The predicted octanol–water partition coefficient (Wildman–Crippen LogP) is 1.69. The predicted molar refractivity (Wildman–Crippen MR) is 83.8 cm³/mol. The number of nitrogens with zero attached hydrogens (tertiary/aromatic N) is 3. The molecule has 1 N–H and O–H groups in total. The van der Waals surface area contributed by atoms with Gasteiger partial charge in [-0.1, -0.05) is 19.0 Å². The first kappa shape index (κ1) is 17.1. The Hall–Kier alpha value is -1.71. The summed E-state index contributed by atoms with van der Waals surface area (Å²) in [7, 11) is -3.75. The molecular formula is C15H21N3O5S. The highest BCUT2D eigenvalue weighted by atomic mass is 32.2. The van der Waals surface area contributed by atoms with Crippen LogP contribution in [0.25, 0.3) is 0 Å². The number of rotatable bonds is 4. The second kappa shape index (κ2) is 5.68. The molecule has 1 aliphatic rings. The first-order valence-electron chi connectivity index (χ1n) is 7.77. The van der Waals surface area contributed by atoms with Crippen molar-refractivity contribution in [2.45, 2.75) is 50.5 Å². The first-order valence-corrected chi connectivity index (χ1v) is 9.21. The van der Waals surface area contributed by atoms with Crippen LogP contribution in [0.3, 0.4) is 0 Å².